The monoisotopic (exact) mass is 369 g/mol. The van der Waals surface area contributed by atoms with E-state index >= 15 is 0 Å². The van der Waals surface area contributed by atoms with Gasteiger partial charge in [0.25, 0.3) is 0 Å². The van der Waals surface area contributed by atoms with Gasteiger partial charge >= 0.3 is 0 Å². The zero-order valence-electron chi connectivity index (χ0n) is 13.7. The lowest BCUT2D eigenvalue weighted by Crippen LogP contribution is -1.93. The van der Waals surface area contributed by atoms with Gasteiger partial charge in [0.1, 0.15) is 11.5 Å². The average Bonchev–Trinajstić information content (AvgIpc) is 2.61. The maximum atomic E-state index is 6.24. The third kappa shape index (κ3) is 4.85. The zero-order valence-corrected chi connectivity index (χ0v) is 15.2. The second-order valence-electron chi connectivity index (χ2n) is 5.61. The van der Waals surface area contributed by atoms with Crippen LogP contribution >= 0.6 is 23.2 Å². The highest BCUT2D eigenvalue weighted by Crippen LogP contribution is 2.28. The summed E-state index contributed by atoms with van der Waals surface area (Å²) in [5.74, 6) is 1.57. The van der Waals surface area contributed by atoms with Crippen LogP contribution in [-0.2, 0) is 0 Å². The molecule has 0 amide bonds. The van der Waals surface area contributed by atoms with Crippen LogP contribution in [0.15, 0.2) is 77.8 Å². The van der Waals surface area contributed by atoms with E-state index in [4.69, 9.17) is 27.9 Å². The van der Waals surface area contributed by atoms with Crippen molar-refractivity contribution in [1.82, 2.24) is 0 Å². The number of rotatable bonds is 5. The van der Waals surface area contributed by atoms with Gasteiger partial charge in [-0.1, -0.05) is 59.6 Å². The standard InChI is InChI=1S/C21H17Cl2NO/c1-15(20-11-10-17(22)13-21(20)23)24-14-16-6-5-9-19(12-16)25-18-7-3-2-4-8-18/h2-15H,1H3/b24-14+/t15-/m1/s1. The van der Waals surface area contributed by atoms with E-state index in [1.807, 2.05) is 79.9 Å². The van der Waals surface area contributed by atoms with Crippen molar-refractivity contribution in [2.24, 2.45) is 4.99 Å². The van der Waals surface area contributed by atoms with Crippen molar-refractivity contribution >= 4 is 29.4 Å². The Hall–Kier alpha value is -2.29. The van der Waals surface area contributed by atoms with Crippen molar-refractivity contribution in [2.45, 2.75) is 13.0 Å². The Morgan fingerprint density at radius 2 is 1.64 bits per heavy atom. The van der Waals surface area contributed by atoms with Gasteiger partial charge in [-0.3, -0.25) is 4.99 Å². The molecule has 126 valence electrons. The molecule has 0 aromatic heterocycles. The Kier molecular flexibility index (Phi) is 5.75. The van der Waals surface area contributed by atoms with Gasteiger partial charge in [0.05, 0.1) is 6.04 Å². The van der Waals surface area contributed by atoms with Gasteiger partial charge in [0.15, 0.2) is 0 Å². The van der Waals surface area contributed by atoms with Crippen molar-refractivity contribution < 1.29 is 4.74 Å². The molecule has 4 heteroatoms. The van der Waals surface area contributed by atoms with Crippen LogP contribution in [0.5, 0.6) is 11.5 Å². The highest BCUT2D eigenvalue weighted by Gasteiger charge is 2.08. The number of para-hydroxylation sites is 1. The molecule has 0 heterocycles. The molecule has 0 aliphatic heterocycles. The van der Waals surface area contributed by atoms with E-state index in [9.17, 15) is 0 Å². The van der Waals surface area contributed by atoms with Gasteiger partial charge in [-0.15, -0.1) is 0 Å². The average molecular weight is 370 g/mol. The Morgan fingerprint density at radius 3 is 2.40 bits per heavy atom. The molecular weight excluding hydrogens is 353 g/mol. The molecular formula is C21H17Cl2NO. The lowest BCUT2D eigenvalue weighted by Gasteiger charge is -2.09. The van der Waals surface area contributed by atoms with E-state index in [0.29, 0.717) is 10.0 Å². The maximum absolute atomic E-state index is 6.24. The third-order valence-corrected chi connectivity index (χ3v) is 4.26. The first-order chi connectivity index (χ1) is 12.1. The predicted molar refractivity (Wildman–Crippen MR) is 105 cm³/mol. The summed E-state index contributed by atoms with van der Waals surface area (Å²) in [6.07, 6.45) is 1.83. The molecule has 0 fully saturated rings. The topological polar surface area (TPSA) is 21.6 Å². The van der Waals surface area contributed by atoms with Crippen LogP contribution < -0.4 is 4.74 Å². The molecule has 3 aromatic carbocycles. The van der Waals surface area contributed by atoms with Crippen LogP contribution in [0.3, 0.4) is 0 Å². The maximum Gasteiger partial charge on any atom is 0.128 e. The molecule has 1 atom stereocenters. The summed E-state index contributed by atoms with van der Waals surface area (Å²) >= 11 is 12.2. The van der Waals surface area contributed by atoms with Crippen LogP contribution in [0, 0.1) is 0 Å². The molecule has 0 N–H and O–H groups in total. The molecule has 2 nitrogen and oxygen atoms in total. The van der Waals surface area contributed by atoms with Gasteiger partial charge in [0, 0.05) is 16.3 Å². The summed E-state index contributed by atoms with van der Waals surface area (Å²) in [6.45, 7) is 2.00. The van der Waals surface area contributed by atoms with Crippen molar-refractivity contribution in [3.05, 3.63) is 94.0 Å². The molecule has 0 spiro atoms. The number of hydrogen-bond acceptors (Lipinski definition) is 2. The van der Waals surface area contributed by atoms with Crippen LogP contribution in [0.2, 0.25) is 10.0 Å². The number of hydrogen-bond donors (Lipinski definition) is 0. The summed E-state index contributed by atoms with van der Waals surface area (Å²) in [6, 6.07) is 22.9. The largest absolute Gasteiger partial charge is 0.457 e. The van der Waals surface area contributed by atoms with Gasteiger partial charge in [0.2, 0.25) is 0 Å². The predicted octanol–water partition coefficient (Wildman–Crippen LogP) is 6.97. The van der Waals surface area contributed by atoms with Crippen LogP contribution in [0.1, 0.15) is 24.1 Å². The highest BCUT2D eigenvalue weighted by atomic mass is 35.5. The quantitative estimate of drug-likeness (QED) is 0.445. The summed E-state index contributed by atoms with van der Waals surface area (Å²) < 4.78 is 5.85. The molecule has 0 bridgehead atoms. The lowest BCUT2D eigenvalue weighted by molar-refractivity contribution is 0.482. The molecule has 0 radical (unpaired) electrons. The number of benzene rings is 3. The van der Waals surface area contributed by atoms with Crippen molar-refractivity contribution in [2.75, 3.05) is 0 Å². The van der Waals surface area contributed by atoms with Gasteiger partial charge in [-0.2, -0.15) is 0 Å². The fourth-order valence-electron chi connectivity index (χ4n) is 2.40. The van der Waals surface area contributed by atoms with Crippen molar-refractivity contribution in [3.63, 3.8) is 0 Å². The molecule has 3 rings (SSSR count). The number of nitrogens with zero attached hydrogens (tertiary/aromatic N) is 1. The highest BCUT2D eigenvalue weighted by molar-refractivity contribution is 6.35. The zero-order chi connectivity index (χ0) is 17.6. The molecule has 0 saturated carbocycles. The summed E-state index contributed by atoms with van der Waals surface area (Å²) in [5, 5.41) is 1.24. The Balaban J connectivity index is 1.74. The number of halogens is 2. The van der Waals surface area contributed by atoms with Gasteiger partial charge in [-0.05, 0) is 54.4 Å². The van der Waals surface area contributed by atoms with Gasteiger partial charge in [-0.25, -0.2) is 0 Å². The summed E-state index contributed by atoms with van der Waals surface area (Å²) in [4.78, 5) is 4.60. The van der Waals surface area contributed by atoms with Crippen LogP contribution in [-0.4, -0.2) is 6.21 Å². The number of aliphatic imine (C=N–C) groups is 1. The molecule has 25 heavy (non-hydrogen) atoms. The third-order valence-electron chi connectivity index (χ3n) is 3.70. The van der Waals surface area contributed by atoms with E-state index in [2.05, 4.69) is 4.99 Å². The first-order valence-corrected chi connectivity index (χ1v) is 8.68. The Bertz CT molecular complexity index is 878. The van der Waals surface area contributed by atoms with E-state index in [1.165, 1.54) is 0 Å². The molecule has 0 unspecified atom stereocenters. The van der Waals surface area contributed by atoms with Crippen LogP contribution in [0.25, 0.3) is 0 Å². The van der Waals surface area contributed by atoms with Crippen molar-refractivity contribution in [3.8, 4) is 11.5 Å². The van der Waals surface area contributed by atoms with E-state index in [1.54, 1.807) is 6.07 Å². The minimum atomic E-state index is -0.0662. The van der Waals surface area contributed by atoms with E-state index < -0.39 is 0 Å². The second kappa shape index (κ2) is 8.19. The molecule has 3 aromatic rings. The Morgan fingerprint density at radius 1 is 0.880 bits per heavy atom. The van der Waals surface area contributed by atoms with Gasteiger partial charge < -0.3 is 4.74 Å². The summed E-state index contributed by atoms with van der Waals surface area (Å²) in [7, 11) is 0. The lowest BCUT2D eigenvalue weighted by atomic mass is 10.1. The molecule has 0 saturated heterocycles. The molecule has 0 aliphatic carbocycles. The van der Waals surface area contributed by atoms with E-state index in [0.717, 1.165) is 22.6 Å². The fourth-order valence-corrected chi connectivity index (χ4v) is 2.97. The fraction of sp³-hybridized carbons (Fsp3) is 0.0952. The van der Waals surface area contributed by atoms with E-state index in [-0.39, 0.29) is 6.04 Å². The van der Waals surface area contributed by atoms with Crippen LogP contribution in [0.4, 0.5) is 0 Å². The smallest absolute Gasteiger partial charge is 0.128 e. The van der Waals surface area contributed by atoms with Crippen molar-refractivity contribution in [1.29, 1.82) is 0 Å². The minimum Gasteiger partial charge on any atom is -0.457 e. The SMILES string of the molecule is C[C@@H](/N=C/c1cccc(Oc2ccccc2)c1)c1ccc(Cl)cc1Cl. The first kappa shape index (κ1) is 17.5. The Labute approximate surface area is 157 Å². The molecule has 0 aliphatic rings. The summed E-state index contributed by atoms with van der Waals surface area (Å²) in [5.41, 5.74) is 1.91. The normalized spacial score (nSPS) is 12.3. The number of ether oxygens (including phenoxy) is 1. The second-order valence-corrected chi connectivity index (χ2v) is 6.45. The first-order valence-electron chi connectivity index (χ1n) is 7.93. The minimum absolute atomic E-state index is 0.0662.